The van der Waals surface area contributed by atoms with Crippen LogP contribution in [0.2, 0.25) is 0 Å². The van der Waals surface area contributed by atoms with Crippen LogP contribution in [0.4, 0.5) is 16.4 Å². The first-order valence-corrected chi connectivity index (χ1v) is 5.89. The number of aromatic nitrogens is 2. The average Bonchev–Trinajstić information content (AvgIpc) is 2.78. The molecule has 18 heavy (non-hydrogen) atoms. The Morgan fingerprint density at radius 1 is 1.17 bits per heavy atom. The number of anilines is 2. The number of nitrogens with one attached hydrogen (secondary N) is 3. The molecule has 0 saturated carbocycles. The van der Waals surface area contributed by atoms with E-state index in [-0.39, 0.29) is 6.03 Å². The Morgan fingerprint density at radius 2 is 1.83 bits per heavy atom. The molecule has 2 rings (SSSR count). The summed E-state index contributed by atoms with van der Waals surface area (Å²) in [7, 11) is 0. The maximum absolute atomic E-state index is 11.5. The molecule has 2 aromatic rings. The zero-order chi connectivity index (χ0) is 13.4. The fraction of sp³-hybridized carbons (Fsp3) is 0.231. The third-order valence-corrected chi connectivity index (χ3v) is 1.97. The van der Waals surface area contributed by atoms with Crippen LogP contribution in [0.25, 0.3) is 0 Å². The molecule has 1 heterocycles. The maximum Gasteiger partial charge on any atom is 0.326 e. The highest BCUT2D eigenvalue weighted by molar-refractivity contribution is 5.98. The topological polar surface area (TPSA) is 69.8 Å². The van der Waals surface area contributed by atoms with Crippen molar-refractivity contribution in [2.24, 2.45) is 0 Å². The average molecular weight is 246 g/mol. The molecule has 0 spiro atoms. The number of hydrogen-bond donors (Lipinski definition) is 3. The first kappa shape index (κ1) is 13.8. The molecule has 0 saturated heterocycles. The normalized spacial score (nSPS) is 9.06. The summed E-state index contributed by atoms with van der Waals surface area (Å²) in [5.41, 5.74) is 1.64. The van der Waals surface area contributed by atoms with Crippen LogP contribution in [0, 0.1) is 6.92 Å². The van der Waals surface area contributed by atoms with Crippen molar-refractivity contribution in [1.29, 1.82) is 0 Å². The number of benzene rings is 1. The van der Waals surface area contributed by atoms with Gasteiger partial charge in [0, 0.05) is 17.6 Å². The molecule has 0 radical (unpaired) electrons. The molecule has 0 bridgehead atoms. The van der Waals surface area contributed by atoms with Crippen molar-refractivity contribution in [2.45, 2.75) is 20.8 Å². The predicted molar refractivity (Wildman–Crippen MR) is 73.8 cm³/mol. The molecule has 0 aliphatic carbocycles. The first-order valence-electron chi connectivity index (χ1n) is 5.89. The monoisotopic (exact) mass is 246 g/mol. The molecule has 1 aromatic carbocycles. The summed E-state index contributed by atoms with van der Waals surface area (Å²) >= 11 is 0. The molecule has 3 N–H and O–H groups in total. The van der Waals surface area contributed by atoms with E-state index in [0.717, 1.165) is 11.4 Å². The molecule has 0 aliphatic heterocycles. The van der Waals surface area contributed by atoms with E-state index in [1.807, 2.05) is 51.1 Å². The Bertz CT molecular complexity index is 479. The molecule has 2 amide bonds. The zero-order valence-corrected chi connectivity index (χ0v) is 10.8. The van der Waals surface area contributed by atoms with Gasteiger partial charge in [0.25, 0.3) is 0 Å². The van der Waals surface area contributed by atoms with Crippen molar-refractivity contribution < 1.29 is 4.79 Å². The summed E-state index contributed by atoms with van der Waals surface area (Å²) in [6.45, 7) is 5.87. The van der Waals surface area contributed by atoms with Crippen molar-refractivity contribution in [3.63, 3.8) is 0 Å². The lowest BCUT2D eigenvalue weighted by molar-refractivity contribution is 0.262. The van der Waals surface area contributed by atoms with Crippen LogP contribution in [0.1, 0.15) is 19.5 Å². The van der Waals surface area contributed by atoms with Gasteiger partial charge in [-0.2, -0.15) is 0 Å². The minimum Gasteiger partial charge on any atom is -0.328 e. The van der Waals surface area contributed by atoms with Crippen LogP contribution in [0.3, 0.4) is 0 Å². The maximum atomic E-state index is 11.5. The van der Waals surface area contributed by atoms with Crippen molar-refractivity contribution in [1.82, 2.24) is 9.97 Å². The smallest absolute Gasteiger partial charge is 0.326 e. The molecule has 0 fully saturated rings. The Kier molecular flexibility index (Phi) is 5.44. The number of aromatic amines is 1. The van der Waals surface area contributed by atoms with Gasteiger partial charge in [-0.05, 0) is 19.1 Å². The number of H-pyrrole nitrogens is 1. The molecule has 0 atom stereocenters. The lowest BCUT2D eigenvalue weighted by Gasteiger charge is -2.04. The number of carbonyl (C=O) groups excluding carboxylic acids is 1. The number of carbonyl (C=O) groups is 1. The largest absolute Gasteiger partial charge is 0.328 e. The van der Waals surface area contributed by atoms with E-state index in [2.05, 4.69) is 20.6 Å². The van der Waals surface area contributed by atoms with E-state index in [1.165, 1.54) is 0 Å². The van der Waals surface area contributed by atoms with Gasteiger partial charge >= 0.3 is 6.03 Å². The van der Waals surface area contributed by atoms with Crippen LogP contribution >= 0.6 is 0 Å². The Hall–Kier alpha value is -2.30. The summed E-state index contributed by atoms with van der Waals surface area (Å²) in [6.07, 6.45) is 1.65. The van der Waals surface area contributed by atoms with Gasteiger partial charge < -0.3 is 10.3 Å². The quantitative estimate of drug-likeness (QED) is 0.760. The van der Waals surface area contributed by atoms with E-state index in [4.69, 9.17) is 0 Å². The highest BCUT2D eigenvalue weighted by Crippen LogP contribution is 2.06. The van der Waals surface area contributed by atoms with E-state index in [0.29, 0.717) is 5.95 Å². The van der Waals surface area contributed by atoms with Gasteiger partial charge in [-0.1, -0.05) is 32.0 Å². The van der Waals surface area contributed by atoms with E-state index in [9.17, 15) is 4.79 Å². The summed E-state index contributed by atoms with van der Waals surface area (Å²) in [5, 5.41) is 5.28. The molecule has 0 aliphatic rings. The minimum absolute atomic E-state index is 0.319. The number of amides is 2. The predicted octanol–water partition coefficient (Wildman–Crippen LogP) is 3.39. The van der Waals surface area contributed by atoms with Crippen LogP contribution < -0.4 is 10.6 Å². The lowest BCUT2D eigenvalue weighted by Crippen LogP contribution is -2.20. The van der Waals surface area contributed by atoms with Crippen LogP contribution in [-0.4, -0.2) is 16.0 Å². The number of hydrogen-bond acceptors (Lipinski definition) is 2. The van der Waals surface area contributed by atoms with E-state index < -0.39 is 0 Å². The van der Waals surface area contributed by atoms with Crippen molar-refractivity contribution in [2.75, 3.05) is 10.6 Å². The Balaban J connectivity index is 0.000000771. The van der Waals surface area contributed by atoms with Gasteiger partial charge in [0.05, 0.1) is 0 Å². The van der Waals surface area contributed by atoms with Crippen LogP contribution in [0.5, 0.6) is 0 Å². The minimum atomic E-state index is -0.319. The second-order valence-corrected chi connectivity index (χ2v) is 3.36. The summed E-state index contributed by atoms with van der Waals surface area (Å²) in [4.78, 5) is 18.4. The zero-order valence-electron chi connectivity index (χ0n) is 10.8. The second kappa shape index (κ2) is 7.11. The molecule has 5 heteroatoms. The molecular weight excluding hydrogens is 228 g/mol. The van der Waals surface area contributed by atoms with Crippen molar-refractivity contribution >= 4 is 17.7 Å². The van der Waals surface area contributed by atoms with Crippen molar-refractivity contribution in [3.8, 4) is 0 Å². The number of nitrogens with zero attached hydrogens (tertiary/aromatic N) is 1. The van der Waals surface area contributed by atoms with E-state index >= 15 is 0 Å². The third kappa shape index (κ3) is 4.29. The SMILES string of the molecule is CC.Cc1cnc(NC(=O)Nc2ccccc2)[nH]1. The van der Waals surface area contributed by atoms with Gasteiger partial charge in [-0.3, -0.25) is 5.32 Å². The standard InChI is InChI=1S/C11H12N4O.C2H6/c1-8-7-12-10(13-8)15-11(16)14-9-5-3-2-4-6-9;1-2/h2-7H,1H3,(H3,12,13,14,15,16);1-2H3. The number of rotatable bonds is 2. The third-order valence-electron chi connectivity index (χ3n) is 1.97. The summed E-state index contributed by atoms with van der Waals surface area (Å²) in [6, 6.07) is 8.90. The highest BCUT2D eigenvalue weighted by Gasteiger charge is 2.03. The Labute approximate surface area is 107 Å². The van der Waals surface area contributed by atoms with Gasteiger partial charge in [0.1, 0.15) is 0 Å². The fourth-order valence-corrected chi connectivity index (χ4v) is 1.27. The molecule has 96 valence electrons. The Morgan fingerprint density at radius 3 is 2.39 bits per heavy atom. The second-order valence-electron chi connectivity index (χ2n) is 3.36. The number of imidazole rings is 1. The number of para-hydroxylation sites is 1. The lowest BCUT2D eigenvalue weighted by atomic mass is 10.3. The highest BCUT2D eigenvalue weighted by atomic mass is 16.2. The van der Waals surface area contributed by atoms with E-state index in [1.54, 1.807) is 6.20 Å². The van der Waals surface area contributed by atoms with Crippen molar-refractivity contribution in [3.05, 3.63) is 42.2 Å². The number of urea groups is 1. The first-order chi connectivity index (χ1) is 8.74. The van der Waals surface area contributed by atoms with Gasteiger partial charge in [0.15, 0.2) is 0 Å². The van der Waals surface area contributed by atoms with Gasteiger partial charge in [0.2, 0.25) is 5.95 Å². The van der Waals surface area contributed by atoms with Crippen LogP contribution in [-0.2, 0) is 0 Å². The fourth-order valence-electron chi connectivity index (χ4n) is 1.27. The van der Waals surface area contributed by atoms with Gasteiger partial charge in [-0.25, -0.2) is 9.78 Å². The molecular formula is C13H18N4O. The number of aryl methyl sites for hydroxylation is 1. The molecule has 1 aromatic heterocycles. The summed E-state index contributed by atoms with van der Waals surface area (Å²) < 4.78 is 0. The molecule has 5 nitrogen and oxygen atoms in total. The summed E-state index contributed by atoms with van der Waals surface area (Å²) in [5.74, 6) is 0.436. The van der Waals surface area contributed by atoms with Gasteiger partial charge in [-0.15, -0.1) is 0 Å². The van der Waals surface area contributed by atoms with Crippen LogP contribution in [0.15, 0.2) is 36.5 Å². The molecule has 0 unspecified atom stereocenters.